The van der Waals surface area contributed by atoms with Gasteiger partial charge >= 0.3 is 0 Å². The molecule has 0 radical (unpaired) electrons. The lowest BCUT2D eigenvalue weighted by Gasteiger charge is -2.31. The minimum absolute atomic E-state index is 0.0297. The molecule has 2 saturated heterocycles. The number of carbonyl (C=O) groups excluding carboxylic acids is 1. The predicted octanol–water partition coefficient (Wildman–Crippen LogP) is -1.90. The number of piperidine rings is 1. The van der Waals surface area contributed by atoms with Gasteiger partial charge in [-0.2, -0.15) is 4.80 Å². The molecule has 1 amide bonds. The summed E-state index contributed by atoms with van der Waals surface area (Å²) >= 11 is 0. The maximum atomic E-state index is 12.7. The highest BCUT2D eigenvalue weighted by Gasteiger charge is 2.35. The minimum atomic E-state index is -3.57. The Morgan fingerprint density at radius 2 is 1.90 bits per heavy atom. The third-order valence-electron chi connectivity index (χ3n) is 5.17. The number of ether oxygens (including phenoxy) is 1. The Bertz CT molecular complexity index is 958. The number of aromatic nitrogens is 7. The zero-order valence-corrected chi connectivity index (χ0v) is 16.9. The average molecular weight is 425 g/mol. The first kappa shape index (κ1) is 19.7. The van der Waals surface area contributed by atoms with Crippen LogP contribution in [0.1, 0.15) is 12.8 Å². The number of tetrazole rings is 1. The highest BCUT2D eigenvalue weighted by atomic mass is 32.2. The van der Waals surface area contributed by atoms with Crippen molar-refractivity contribution in [2.24, 2.45) is 7.05 Å². The molecule has 0 aromatic carbocycles. The molecule has 0 unspecified atom stereocenters. The largest absolute Gasteiger partial charge is 0.378 e. The van der Waals surface area contributed by atoms with Gasteiger partial charge in [0.15, 0.2) is 0 Å². The maximum Gasteiger partial charge on any atom is 0.266 e. The van der Waals surface area contributed by atoms with Crippen molar-refractivity contribution in [3.63, 3.8) is 0 Å². The van der Waals surface area contributed by atoms with E-state index in [0.29, 0.717) is 58.2 Å². The minimum Gasteiger partial charge on any atom is -0.378 e. The van der Waals surface area contributed by atoms with Gasteiger partial charge < -0.3 is 19.1 Å². The summed E-state index contributed by atoms with van der Waals surface area (Å²) in [6.07, 6.45) is 2.07. The fourth-order valence-electron chi connectivity index (χ4n) is 3.51. The van der Waals surface area contributed by atoms with E-state index >= 15 is 0 Å². The molecule has 14 heteroatoms. The number of hydrogen-bond acceptors (Lipinski definition) is 10. The van der Waals surface area contributed by atoms with E-state index in [-0.39, 0.29) is 17.6 Å². The fourth-order valence-corrected chi connectivity index (χ4v) is 5.25. The van der Waals surface area contributed by atoms with E-state index < -0.39 is 15.1 Å². The molecule has 158 valence electrons. The van der Waals surface area contributed by atoms with Crippen LogP contribution in [-0.2, 0) is 33.0 Å². The molecule has 0 spiro atoms. The summed E-state index contributed by atoms with van der Waals surface area (Å²) in [7, 11) is -1.97. The summed E-state index contributed by atoms with van der Waals surface area (Å²) in [5.41, 5.74) is 0. The van der Waals surface area contributed by atoms with E-state index in [9.17, 15) is 13.2 Å². The van der Waals surface area contributed by atoms with Crippen molar-refractivity contribution in [3.8, 4) is 0 Å². The topological polar surface area (TPSA) is 141 Å². The normalized spacial score (nSPS) is 18.9. The number of sulfone groups is 1. The molecular formula is C15H23N9O4S. The molecule has 4 rings (SSSR count). The number of nitrogens with zero attached hydrogens (tertiary/aromatic N) is 9. The SMILES string of the molecule is Cn1cnnc1S(=O)(=O)C1CCN(C(=O)Cn2nnc(N3CCOCC3)n2)CC1. The van der Waals surface area contributed by atoms with E-state index in [4.69, 9.17) is 4.74 Å². The van der Waals surface area contributed by atoms with Crippen molar-refractivity contribution in [3.05, 3.63) is 6.33 Å². The van der Waals surface area contributed by atoms with Gasteiger partial charge in [-0.3, -0.25) is 4.79 Å². The second kappa shape index (κ2) is 8.02. The first-order valence-corrected chi connectivity index (χ1v) is 11.0. The first-order chi connectivity index (χ1) is 13.9. The summed E-state index contributed by atoms with van der Waals surface area (Å²) in [6.45, 7) is 3.27. The van der Waals surface area contributed by atoms with Crippen molar-refractivity contribution in [2.75, 3.05) is 44.3 Å². The molecule has 2 aromatic rings. The van der Waals surface area contributed by atoms with Crippen molar-refractivity contribution >= 4 is 21.7 Å². The van der Waals surface area contributed by atoms with Crippen LogP contribution in [0.3, 0.4) is 0 Å². The van der Waals surface area contributed by atoms with Gasteiger partial charge in [0.2, 0.25) is 20.9 Å². The number of anilines is 1. The number of likely N-dealkylation sites (tertiary alicyclic amines) is 1. The Balaban J connectivity index is 1.32. The highest BCUT2D eigenvalue weighted by molar-refractivity contribution is 7.91. The molecule has 0 bridgehead atoms. The molecule has 2 aliphatic heterocycles. The molecule has 0 saturated carbocycles. The molecule has 29 heavy (non-hydrogen) atoms. The van der Waals surface area contributed by atoms with E-state index in [1.54, 1.807) is 11.9 Å². The zero-order chi connectivity index (χ0) is 20.4. The van der Waals surface area contributed by atoms with Gasteiger partial charge in [0.1, 0.15) is 12.9 Å². The Labute approximate surface area is 167 Å². The molecule has 4 heterocycles. The van der Waals surface area contributed by atoms with Gasteiger partial charge in [0.05, 0.1) is 18.5 Å². The average Bonchev–Trinajstić information content (AvgIpc) is 3.38. The van der Waals surface area contributed by atoms with Gasteiger partial charge in [-0.25, -0.2) is 8.42 Å². The van der Waals surface area contributed by atoms with Crippen molar-refractivity contribution in [1.29, 1.82) is 0 Å². The molecule has 2 aliphatic rings. The third-order valence-corrected chi connectivity index (χ3v) is 7.40. The van der Waals surface area contributed by atoms with E-state index in [1.807, 2.05) is 4.90 Å². The quantitative estimate of drug-likeness (QED) is 0.533. The second-order valence-electron chi connectivity index (χ2n) is 7.07. The number of morpholine rings is 1. The van der Waals surface area contributed by atoms with Crippen LogP contribution < -0.4 is 4.90 Å². The Morgan fingerprint density at radius 1 is 1.17 bits per heavy atom. The van der Waals surface area contributed by atoms with Gasteiger partial charge in [0, 0.05) is 33.2 Å². The van der Waals surface area contributed by atoms with Gasteiger partial charge in [0.25, 0.3) is 5.95 Å². The number of carbonyl (C=O) groups is 1. The smallest absolute Gasteiger partial charge is 0.266 e. The standard InChI is InChI=1S/C15H23N9O4S/c1-21-11-16-18-15(21)29(26,27)12-2-4-22(5-3-12)13(25)10-24-19-14(17-20-24)23-6-8-28-9-7-23/h11-12H,2-10H2,1H3. The van der Waals surface area contributed by atoms with Crippen LogP contribution in [-0.4, -0.2) is 98.8 Å². The number of rotatable bonds is 5. The van der Waals surface area contributed by atoms with Crippen LogP contribution in [0.15, 0.2) is 11.5 Å². The molecule has 13 nitrogen and oxygen atoms in total. The van der Waals surface area contributed by atoms with Crippen LogP contribution in [0.5, 0.6) is 0 Å². The van der Waals surface area contributed by atoms with Crippen LogP contribution in [0.2, 0.25) is 0 Å². The Morgan fingerprint density at radius 3 is 2.55 bits per heavy atom. The number of amides is 1. The molecular weight excluding hydrogens is 402 g/mol. The number of aryl methyl sites for hydroxylation is 1. The van der Waals surface area contributed by atoms with Gasteiger partial charge in [-0.1, -0.05) is 5.10 Å². The molecule has 2 fully saturated rings. The van der Waals surface area contributed by atoms with Crippen molar-refractivity contribution in [2.45, 2.75) is 29.8 Å². The molecule has 0 atom stereocenters. The highest BCUT2D eigenvalue weighted by Crippen LogP contribution is 2.23. The van der Waals surface area contributed by atoms with Crippen LogP contribution in [0.4, 0.5) is 5.95 Å². The van der Waals surface area contributed by atoms with Gasteiger partial charge in [-0.05, 0) is 18.1 Å². The van der Waals surface area contributed by atoms with E-state index in [2.05, 4.69) is 25.6 Å². The van der Waals surface area contributed by atoms with Crippen LogP contribution in [0.25, 0.3) is 0 Å². The predicted molar refractivity (Wildman–Crippen MR) is 98.6 cm³/mol. The third kappa shape index (κ3) is 4.07. The maximum absolute atomic E-state index is 12.7. The van der Waals surface area contributed by atoms with Crippen LogP contribution >= 0.6 is 0 Å². The zero-order valence-electron chi connectivity index (χ0n) is 16.1. The lowest BCUT2D eigenvalue weighted by Crippen LogP contribution is -2.44. The molecule has 0 N–H and O–H groups in total. The Kier molecular flexibility index (Phi) is 5.45. The molecule has 0 aliphatic carbocycles. The van der Waals surface area contributed by atoms with Crippen LogP contribution in [0, 0.1) is 0 Å². The fraction of sp³-hybridized carbons (Fsp3) is 0.733. The lowest BCUT2D eigenvalue weighted by molar-refractivity contribution is -0.133. The lowest BCUT2D eigenvalue weighted by atomic mass is 10.1. The van der Waals surface area contributed by atoms with E-state index in [0.717, 1.165) is 0 Å². The monoisotopic (exact) mass is 425 g/mol. The van der Waals surface area contributed by atoms with Crippen molar-refractivity contribution < 1.29 is 17.9 Å². The molecule has 2 aromatic heterocycles. The Hall–Kier alpha value is -2.61. The van der Waals surface area contributed by atoms with Crippen molar-refractivity contribution in [1.82, 2.24) is 39.9 Å². The second-order valence-corrected chi connectivity index (χ2v) is 9.19. The van der Waals surface area contributed by atoms with Gasteiger partial charge in [-0.15, -0.1) is 15.3 Å². The summed E-state index contributed by atoms with van der Waals surface area (Å²) in [4.78, 5) is 17.5. The summed E-state index contributed by atoms with van der Waals surface area (Å²) in [5.74, 6) is 0.319. The number of hydrogen-bond donors (Lipinski definition) is 0. The first-order valence-electron chi connectivity index (χ1n) is 9.41. The summed E-state index contributed by atoms with van der Waals surface area (Å²) in [6, 6.07) is 0. The summed E-state index contributed by atoms with van der Waals surface area (Å²) < 4.78 is 32.1. The summed E-state index contributed by atoms with van der Waals surface area (Å²) in [5, 5.41) is 19.0. The van der Waals surface area contributed by atoms with E-state index in [1.165, 1.54) is 15.7 Å².